The molecule has 0 aliphatic rings. The number of hydrogen-bond acceptors (Lipinski definition) is 3. The molecule has 2 N–H and O–H groups in total. The minimum atomic E-state index is 0.194. The molecule has 0 fully saturated rings. The molecule has 0 spiro atoms. The van der Waals surface area contributed by atoms with Gasteiger partial charge in [-0.2, -0.15) is 0 Å². The van der Waals surface area contributed by atoms with E-state index in [1.54, 1.807) is 0 Å². The van der Waals surface area contributed by atoms with Crippen LogP contribution >= 0.6 is 0 Å². The van der Waals surface area contributed by atoms with Crippen LogP contribution in [0.25, 0.3) is 0 Å². The summed E-state index contributed by atoms with van der Waals surface area (Å²) in [6.45, 7) is 5.09. The Morgan fingerprint density at radius 2 is 0.528 bits per heavy atom. The third-order valence-corrected chi connectivity index (χ3v) is 7.91. The van der Waals surface area contributed by atoms with Crippen molar-refractivity contribution in [3.05, 3.63) is 0 Å². The molecule has 0 bridgehead atoms. The summed E-state index contributed by atoms with van der Waals surface area (Å²) in [4.78, 5) is 2.17. The Morgan fingerprint density at radius 1 is 0.306 bits per heavy atom. The first kappa shape index (κ1) is 35.9. The van der Waals surface area contributed by atoms with Crippen LogP contribution in [0.15, 0.2) is 0 Å². The van der Waals surface area contributed by atoms with Crippen molar-refractivity contribution in [3.63, 3.8) is 0 Å². The molecular weight excluding hydrogens is 442 g/mol. The quantitative estimate of drug-likeness (QED) is 0.0883. The lowest BCUT2D eigenvalue weighted by Crippen LogP contribution is -2.30. The standard InChI is InChI=1S/C33H69NO2/c1-2-3-4-5-6-7-8-9-10-11-12-13-14-15-16-17-18-19-20-21-22-23-24-25-26-27-28-29-34(30-32-35)31-33-36/h35-36H,2-33H2,1H3. The van der Waals surface area contributed by atoms with Gasteiger partial charge in [0.1, 0.15) is 0 Å². The molecule has 0 heterocycles. The van der Waals surface area contributed by atoms with E-state index in [0.717, 1.165) is 6.54 Å². The van der Waals surface area contributed by atoms with Gasteiger partial charge in [-0.15, -0.1) is 0 Å². The Kier molecular flexibility index (Phi) is 32.8. The van der Waals surface area contributed by atoms with Crippen LogP contribution in [-0.2, 0) is 0 Å². The van der Waals surface area contributed by atoms with Gasteiger partial charge in [-0.25, -0.2) is 0 Å². The molecule has 0 saturated heterocycles. The maximum Gasteiger partial charge on any atom is 0.0558 e. The summed E-state index contributed by atoms with van der Waals surface area (Å²) in [5, 5.41) is 18.1. The maximum atomic E-state index is 9.04. The van der Waals surface area contributed by atoms with Gasteiger partial charge in [0.2, 0.25) is 0 Å². The molecule has 218 valence electrons. The summed E-state index contributed by atoms with van der Waals surface area (Å²) < 4.78 is 0. The lowest BCUT2D eigenvalue weighted by Gasteiger charge is -2.19. The average molecular weight is 512 g/mol. The third-order valence-electron chi connectivity index (χ3n) is 7.91. The molecule has 0 rings (SSSR count). The van der Waals surface area contributed by atoms with Crippen molar-refractivity contribution in [3.8, 4) is 0 Å². The first-order chi connectivity index (χ1) is 17.8. The van der Waals surface area contributed by atoms with Gasteiger partial charge in [0, 0.05) is 13.1 Å². The maximum absolute atomic E-state index is 9.04. The Balaban J connectivity index is 3.10. The summed E-state index contributed by atoms with van der Waals surface area (Å²) in [6, 6.07) is 0. The number of nitrogens with zero attached hydrogens (tertiary/aromatic N) is 1. The van der Waals surface area contributed by atoms with Gasteiger partial charge in [-0.3, -0.25) is 4.90 Å². The first-order valence-corrected chi connectivity index (χ1v) is 16.8. The zero-order chi connectivity index (χ0) is 26.2. The minimum absolute atomic E-state index is 0.194. The summed E-state index contributed by atoms with van der Waals surface area (Å²) in [7, 11) is 0. The first-order valence-electron chi connectivity index (χ1n) is 16.8. The number of aliphatic hydroxyl groups is 2. The van der Waals surface area contributed by atoms with E-state index in [-0.39, 0.29) is 13.2 Å². The highest BCUT2D eigenvalue weighted by molar-refractivity contribution is 4.57. The number of hydrogen-bond donors (Lipinski definition) is 2. The SMILES string of the molecule is CCCCCCCCCCCCCCCCCCCCCCCCCCCCCN(CCO)CCO. The molecule has 0 saturated carbocycles. The van der Waals surface area contributed by atoms with Crippen molar-refractivity contribution >= 4 is 0 Å². The zero-order valence-corrected chi connectivity index (χ0v) is 25.0. The summed E-state index contributed by atoms with van der Waals surface area (Å²) in [5.41, 5.74) is 0. The second kappa shape index (κ2) is 32.9. The Labute approximate surface area is 228 Å². The van der Waals surface area contributed by atoms with E-state index in [4.69, 9.17) is 10.2 Å². The second-order valence-corrected chi connectivity index (χ2v) is 11.5. The van der Waals surface area contributed by atoms with Crippen molar-refractivity contribution in [1.29, 1.82) is 0 Å². The highest BCUT2D eigenvalue weighted by Crippen LogP contribution is 2.16. The molecule has 36 heavy (non-hydrogen) atoms. The molecule has 0 aromatic heterocycles. The molecule has 3 heteroatoms. The lowest BCUT2D eigenvalue weighted by molar-refractivity contribution is 0.159. The third kappa shape index (κ3) is 30.1. The van der Waals surface area contributed by atoms with Crippen LogP contribution in [0.3, 0.4) is 0 Å². The Morgan fingerprint density at radius 3 is 0.750 bits per heavy atom. The molecule has 0 unspecified atom stereocenters. The highest BCUT2D eigenvalue weighted by atomic mass is 16.3. The molecular formula is C33H69NO2. The van der Waals surface area contributed by atoms with Crippen molar-refractivity contribution in [2.45, 2.75) is 180 Å². The van der Waals surface area contributed by atoms with E-state index < -0.39 is 0 Å². The smallest absolute Gasteiger partial charge is 0.0558 e. The fourth-order valence-corrected chi connectivity index (χ4v) is 5.45. The molecule has 0 aliphatic heterocycles. The van der Waals surface area contributed by atoms with Gasteiger partial charge in [-0.05, 0) is 13.0 Å². The summed E-state index contributed by atoms with van der Waals surface area (Å²) in [5.74, 6) is 0. The van der Waals surface area contributed by atoms with Gasteiger partial charge < -0.3 is 10.2 Å². The van der Waals surface area contributed by atoms with Crippen LogP contribution in [0.5, 0.6) is 0 Å². The van der Waals surface area contributed by atoms with Crippen molar-refractivity contribution in [2.75, 3.05) is 32.8 Å². The fourth-order valence-electron chi connectivity index (χ4n) is 5.45. The van der Waals surface area contributed by atoms with Crippen molar-refractivity contribution in [2.24, 2.45) is 0 Å². The van der Waals surface area contributed by atoms with Crippen LogP contribution in [0.4, 0.5) is 0 Å². The second-order valence-electron chi connectivity index (χ2n) is 11.5. The van der Waals surface area contributed by atoms with Crippen molar-refractivity contribution in [1.82, 2.24) is 4.90 Å². The van der Waals surface area contributed by atoms with E-state index >= 15 is 0 Å². The van der Waals surface area contributed by atoms with E-state index in [1.165, 1.54) is 173 Å². The minimum Gasteiger partial charge on any atom is -0.395 e. The van der Waals surface area contributed by atoms with Crippen LogP contribution < -0.4 is 0 Å². The van der Waals surface area contributed by atoms with Gasteiger partial charge in [0.15, 0.2) is 0 Å². The predicted octanol–water partition coefficient (Wildman–Crippen LogP) is 9.83. The van der Waals surface area contributed by atoms with Gasteiger partial charge in [-0.1, -0.05) is 174 Å². The van der Waals surface area contributed by atoms with Crippen LogP contribution in [-0.4, -0.2) is 48.0 Å². The number of aliphatic hydroxyl groups excluding tert-OH is 2. The average Bonchev–Trinajstić information content (AvgIpc) is 2.88. The van der Waals surface area contributed by atoms with Crippen molar-refractivity contribution < 1.29 is 10.2 Å². The summed E-state index contributed by atoms with van der Waals surface area (Å²) >= 11 is 0. The molecule has 0 amide bonds. The molecule has 0 aliphatic carbocycles. The highest BCUT2D eigenvalue weighted by Gasteiger charge is 2.02. The van der Waals surface area contributed by atoms with Gasteiger partial charge in [0.25, 0.3) is 0 Å². The van der Waals surface area contributed by atoms with E-state index in [2.05, 4.69) is 11.8 Å². The largest absolute Gasteiger partial charge is 0.395 e. The monoisotopic (exact) mass is 512 g/mol. The predicted molar refractivity (Wildman–Crippen MR) is 161 cm³/mol. The van der Waals surface area contributed by atoms with Crippen LogP contribution in [0.1, 0.15) is 180 Å². The van der Waals surface area contributed by atoms with Gasteiger partial charge >= 0.3 is 0 Å². The molecule has 0 radical (unpaired) electrons. The fraction of sp³-hybridized carbons (Fsp3) is 1.00. The topological polar surface area (TPSA) is 43.7 Å². The number of rotatable bonds is 32. The lowest BCUT2D eigenvalue weighted by atomic mass is 10.0. The Hall–Kier alpha value is -0.120. The molecule has 0 aromatic rings. The van der Waals surface area contributed by atoms with E-state index in [9.17, 15) is 0 Å². The van der Waals surface area contributed by atoms with Crippen LogP contribution in [0, 0.1) is 0 Å². The van der Waals surface area contributed by atoms with E-state index in [0.29, 0.717) is 13.1 Å². The van der Waals surface area contributed by atoms with Crippen LogP contribution in [0.2, 0.25) is 0 Å². The molecule has 0 atom stereocenters. The zero-order valence-electron chi connectivity index (χ0n) is 25.0. The van der Waals surface area contributed by atoms with Gasteiger partial charge in [0.05, 0.1) is 13.2 Å². The normalized spacial score (nSPS) is 11.7. The van der Waals surface area contributed by atoms with E-state index in [1.807, 2.05) is 0 Å². The molecule has 0 aromatic carbocycles. The number of unbranched alkanes of at least 4 members (excludes halogenated alkanes) is 26. The molecule has 3 nitrogen and oxygen atoms in total. The Bertz CT molecular complexity index is 371. The summed E-state index contributed by atoms with van der Waals surface area (Å²) in [6.07, 6.45) is 38.7.